The van der Waals surface area contributed by atoms with Crippen molar-refractivity contribution >= 4 is 28.5 Å². The van der Waals surface area contributed by atoms with E-state index in [4.69, 9.17) is 5.73 Å². The molecule has 1 fully saturated rings. The third-order valence-electron chi connectivity index (χ3n) is 3.36. The third-order valence-corrected chi connectivity index (χ3v) is 4.99. The highest BCUT2D eigenvalue weighted by atomic mass is 127. The Hall–Kier alpha value is 0.120. The van der Waals surface area contributed by atoms with E-state index in [0.29, 0.717) is 0 Å². The zero-order valence-corrected chi connectivity index (χ0v) is 12.5. The van der Waals surface area contributed by atoms with E-state index in [0.717, 1.165) is 12.8 Å². The van der Waals surface area contributed by atoms with Gasteiger partial charge in [0, 0.05) is 11.1 Å². The summed E-state index contributed by atoms with van der Waals surface area (Å²) in [6.45, 7) is 7.97. The summed E-state index contributed by atoms with van der Waals surface area (Å²) in [5.74, 6) is -0.0323. The summed E-state index contributed by atoms with van der Waals surface area (Å²) in [6, 6.07) is 0. The molecular weight excluding hydrogens is 319 g/mol. The molecule has 0 spiro atoms. The molecule has 0 aromatic heterocycles. The summed E-state index contributed by atoms with van der Waals surface area (Å²) in [7, 11) is 0. The molecule has 1 atom stereocenters. The van der Waals surface area contributed by atoms with E-state index in [1.165, 1.54) is 5.06 Å². The first-order valence-corrected chi connectivity index (χ1v) is 6.75. The van der Waals surface area contributed by atoms with Gasteiger partial charge in [0.05, 0.1) is 3.92 Å². The first-order chi connectivity index (χ1) is 7.08. The van der Waals surface area contributed by atoms with Crippen molar-refractivity contribution in [2.24, 2.45) is 11.7 Å². The molecule has 1 saturated heterocycles. The Labute approximate surface area is 111 Å². The highest BCUT2D eigenvalue weighted by Gasteiger charge is 2.47. The molecule has 1 heterocycles. The fourth-order valence-electron chi connectivity index (χ4n) is 2.79. The molecule has 1 aliphatic rings. The lowest BCUT2D eigenvalue weighted by atomic mass is 9.74. The van der Waals surface area contributed by atoms with Crippen LogP contribution in [0.2, 0.25) is 0 Å². The van der Waals surface area contributed by atoms with Gasteiger partial charge in [-0.1, -0.05) is 22.6 Å². The minimum absolute atomic E-state index is 0.162. The Morgan fingerprint density at radius 3 is 2.06 bits per heavy atom. The van der Waals surface area contributed by atoms with Crippen LogP contribution in [-0.4, -0.2) is 31.2 Å². The average molecular weight is 340 g/mol. The van der Waals surface area contributed by atoms with Crippen LogP contribution in [0.25, 0.3) is 0 Å². The number of piperidine rings is 1. The number of hydroxylamine groups is 2. The number of hydrogen-bond acceptors (Lipinski definition) is 3. The molecule has 3 N–H and O–H groups in total. The Bertz CT molecular complexity index is 274. The molecule has 1 amide bonds. The van der Waals surface area contributed by atoms with Crippen molar-refractivity contribution in [3.63, 3.8) is 0 Å². The van der Waals surface area contributed by atoms with E-state index in [-0.39, 0.29) is 26.8 Å². The van der Waals surface area contributed by atoms with Crippen LogP contribution in [-0.2, 0) is 4.79 Å². The molecule has 0 aliphatic carbocycles. The lowest BCUT2D eigenvalue weighted by Gasteiger charge is -2.52. The minimum atomic E-state index is -0.314. The Morgan fingerprint density at radius 2 is 1.75 bits per heavy atom. The molecule has 1 aliphatic heterocycles. The SMILES string of the molecule is CC1(C)CC(C(I)C(N)=O)CC(C)(C)N1O. The number of amides is 1. The number of hydrogen-bond donors (Lipinski definition) is 2. The Balaban J connectivity index is 2.91. The monoisotopic (exact) mass is 340 g/mol. The van der Waals surface area contributed by atoms with E-state index < -0.39 is 0 Å². The predicted molar refractivity (Wildman–Crippen MR) is 71.5 cm³/mol. The summed E-state index contributed by atoms with van der Waals surface area (Å²) in [4.78, 5) is 11.2. The summed E-state index contributed by atoms with van der Waals surface area (Å²) >= 11 is 2.12. The molecule has 16 heavy (non-hydrogen) atoms. The predicted octanol–water partition coefficient (Wildman–Crippen LogP) is 1.93. The lowest BCUT2D eigenvalue weighted by Crippen LogP contribution is -2.60. The standard InChI is InChI=1S/C11H21IN2O2/c1-10(2)5-7(8(12)9(13)15)6-11(3,4)14(10)16/h7-8,16H,5-6H2,1-4H3,(H2,13,15). The second-order valence-corrected chi connectivity index (χ2v) is 7.25. The fourth-order valence-corrected chi connectivity index (χ4v) is 3.30. The van der Waals surface area contributed by atoms with Crippen molar-refractivity contribution in [1.82, 2.24) is 5.06 Å². The molecule has 0 radical (unpaired) electrons. The number of halogens is 1. The maximum atomic E-state index is 11.2. The smallest absolute Gasteiger partial charge is 0.230 e. The van der Waals surface area contributed by atoms with Crippen LogP contribution in [0.15, 0.2) is 0 Å². The van der Waals surface area contributed by atoms with Crippen molar-refractivity contribution in [3.05, 3.63) is 0 Å². The summed E-state index contributed by atoms with van der Waals surface area (Å²) in [5.41, 5.74) is 4.73. The van der Waals surface area contributed by atoms with Gasteiger partial charge in [0.2, 0.25) is 5.91 Å². The number of carbonyl (C=O) groups excluding carboxylic acids is 1. The van der Waals surface area contributed by atoms with Crippen LogP contribution in [0.1, 0.15) is 40.5 Å². The molecule has 0 aromatic rings. The molecular formula is C11H21IN2O2. The Morgan fingerprint density at radius 1 is 1.38 bits per heavy atom. The van der Waals surface area contributed by atoms with Crippen LogP contribution in [0.5, 0.6) is 0 Å². The maximum Gasteiger partial charge on any atom is 0.230 e. The Kier molecular flexibility index (Phi) is 3.92. The molecule has 0 aromatic carbocycles. The third kappa shape index (κ3) is 2.68. The van der Waals surface area contributed by atoms with Gasteiger partial charge in [-0.15, -0.1) is 0 Å². The van der Waals surface area contributed by atoms with Crippen molar-refractivity contribution in [1.29, 1.82) is 0 Å². The number of primary amides is 1. The fraction of sp³-hybridized carbons (Fsp3) is 0.909. The van der Waals surface area contributed by atoms with Gasteiger partial charge in [0.15, 0.2) is 0 Å². The summed E-state index contributed by atoms with van der Waals surface area (Å²) in [6.07, 6.45) is 1.56. The van der Waals surface area contributed by atoms with Gasteiger partial charge in [-0.05, 0) is 46.5 Å². The van der Waals surface area contributed by atoms with Crippen molar-refractivity contribution in [3.8, 4) is 0 Å². The number of rotatable bonds is 2. The molecule has 5 heteroatoms. The van der Waals surface area contributed by atoms with Crippen molar-refractivity contribution < 1.29 is 10.0 Å². The molecule has 4 nitrogen and oxygen atoms in total. The number of nitrogens with two attached hydrogens (primary N) is 1. The second-order valence-electron chi connectivity index (χ2n) is 5.91. The second kappa shape index (κ2) is 4.42. The quantitative estimate of drug-likeness (QED) is 0.596. The molecule has 94 valence electrons. The van der Waals surface area contributed by atoms with Crippen molar-refractivity contribution in [2.75, 3.05) is 0 Å². The van der Waals surface area contributed by atoms with E-state index in [9.17, 15) is 10.0 Å². The van der Waals surface area contributed by atoms with Gasteiger partial charge in [0.1, 0.15) is 0 Å². The minimum Gasteiger partial charge on any atom is -0.369 e. The molecule has 1 unspecified atom stereocenters. The zero-order chi connectivity index (χ0) is 12.7. The molecule has 0 bridgehead atoms. The van der Waals surface area contributed by atoms with Crippen molar-refractivity contribution in [2.45, 2.75) is 55.5 Å². The van der Waals surface area contributed by atoms with E-state index >= 15 is 0 Å². The van der Waals surface area contributed by atoms with Crippen LogP contribution in [0.3, 0.4) is 0 Å². The first-order valence-electron chi connectivity index (χ1n) is 5.50. The summed E-state index contributed by atoms with van der Waals surface area (Å²) < 4.78 is -0.162. The van der Waals surface area contributed by atoms with E-state index in [1.807, 2.05) is 27.7 Å². The normalized spacial score (nSPS) is 27.6. The van der Waals surface area contributed by atoms with Gasteiger partial charge in [0.25, 0.3) is 0 Å². The largest absolute Gasteiger partial charge is 0.369 e. The van der Waals surface area contributed by atoms with Crippen LogP contribution in [0, 0.1) is 5.92 Å². The molecule has 1 rings (SSSR count). The first kappa shape index (κ1) is 14.2. The topological polar surface area (TPSA) is 66.6 Å². The van der Waals surface area contributed by atoms with Crippen LogP contribution < -0.4 is 5.73 Å². The average Bonchev–Trinajstić information content (AvgIpc) is 2.11. The van der Waals surface area contributed by atoms with Gasteiger partial charge in [-0.2, -0.15) is 5.06 Å². The van der Waals surface area contributed by atoms with E-state index in [2.05, 4.69) is 22.6 Å². The molecule has 0 saturated carbocycles. The van der Waals surface area contributed by atoms with Crippen LogP contribution in [0.4, 0.5) is 0 Å². The zero-order valence-electron chi connectivity index (χ0n) is 10.3. The van der Waals surface area contributed by atoms with Gasteiger partial charge in [-0.3, -0.25) is 4.79 Å². The number of nitrogens with zero attached hydrogens (tertiary/aromatic N) is 1. The number of alkyl halides is 1. The summed E-state index contributed by atoms with van der Waals surface area (Å²) in [5, 5.41) is 11.5. The van der Waals surface area contributed by atoms with Gasteiger partial charge in [-0.25, -0.2) is 0 Å². The van der Waals surface area contributed by atoms with Gasteiger partial charge >= 0.3 is 0 Å². The highest BCUT2D eigenvalue weighted by molar-refractivity contribution is 14.1. The van der Waals surface area contributed by atoms with Crippen LogP contribution >= 0.6 is 22.6 Å². The van der Waals surface area contributed by atoms with Gasteiger partial charge < -0.3 is 10.9 Å². The lowest BCUT2D eigenvalue weighted by molar-refractivity contribution is -0.250. The number of carbonyl (C=O) groups is 1. The van der Waals surface area contributed by atoms with E-state index in [1.54, 1.807) is 0 Å². The highest BCUT2D eigenvalue weighted by Crippen LogP contribution is 2.42. The maximum absolute atomic E-state index is 11.2.